The number of aromatic nitrogens is 1. The molecule has 6 aromatic rings. The molecule has 0 bridgehead atoms. The van der Waals surface area contributed by atoms with E-state index in [2.05, 4.69) is 119 Å². The van der Waals surface area contributed by atoms with Crippen LogP contribution in [0.3, 0.4) is 0 Å². The molecule has 0 aliphatic carbocycles. The van der Waals surface area contributed by atoms with Crippen LogP contribution in [0.15, 0.2) is 115 Å². The summed E-state index contributed by atoms with van der Waals surface area (Å²) in [6.07, 6.45) is 0. The molecule has 4 heteroatoms. The number of anilines is 2. The second-order valence-electron chi connectivity index (χ2n) is 8.97. The molecule has 0 fully saturated rings. The van der Waals surface area contributed by atoms with E-state index < -0.39 is 0 Å². The maximum absolute atomic E-state index is 6.43. The Morgan fingerprint density at radius 3 is 2.06 bits per heavy atom. The monoisotopic (exact) mass is 434 g/mol. The van der Waals surface area contributed by atoms with Crippen LogP contribution in [0, 0.1) is 0 Å². The Balaban J connectivity index is 1.43. The minimum Gasteiger partial charge on any atom is -0.536 e. The summed E-state index contributed by atoms with van der Waals surface area (Å²) in [7, 11) is -0.139. The molecule has 34 heavy (non-hydrogen) atoms. The van der Waals surface area contributed by atoms with Gasteiger partial charge in [0.1, 0.15) is 5.75 Å². The highest BCUT2D eigenvalue weighted by Crippen LogP contribution is 2.47. The van der Waals surface area contributed by atoms with Crippen LogP contribution in [-0.4, -0.2) is 11.6 Å². The molecule has 8 rings (SSSR count). The lowest BCUT2D eigenvalue weighted by Crippen LogP contribution is -2.50. The number of para-hydroxylation sites is 4. The lowest BCUT2D eigenvalue weighted by atomic mass is 9.65. The van der Waals surface area contributed by atoms with E-state index in [1.165, 1.54) is 44.1 Å². The smallest absolute Gasteiger partial charge is 0.524 e. The van der Waals surface area contributed by atoms with Gasteiger partial charge in [-0.3, -0.25) is 0 Å². The van der Waals surface area contributed by atoms with Crippen molar-refractivity contribution in [3.05, 3.63) is 115 Å². The number of hydrogen-bond donors (Lipinski definition) is 0. The van der Waals surface area contributed by atoms with Crippen molar-refractivity contribution in [3.8, 4) is 22.6 Å². The summed E-state index contributed by atoms with van der Waals surface area (Å²) >= 11 is 0. The van der Waals surface area contributed by atoms with E-state index >= 15 is 0 Å². The van der Waals surface area contributed by atoms with Gasteiger partial charge in [0, 0.05) is 27.7 Å². The minimum absolute atomic E-state index is 0.139. The van der Waals surface area contributed by atoms with Crippen molar-refractivity contribution in [2.45, 2.75) is 0 Å². The van der Waals surface area contributed by atoms with Gasteiger partial charge >= 0.3 is 7.05 Å². The first-order valence-electron chi connectivity index (χ1n) is 11.7. The third-order valence-corrected chi connectivity index (χ3v) is 7.19. The molecule has 2 aliphatic heterocycles. The maximum Gasteiger partial charge on any atom is 0.524 e. The molecule has 5 aromatic carbocycles. The number of benzene rings is 5. The molecule has 0 atom stereocenters. The van der Waals surface area contributed by atoms with Gasteiger partial charge in [0.15, 0.2) is 0 Å². The second kappa shape index (κ2) is 6.55. The van der Waals surface area contributed by atoms with Crippen LogP contribution in [0.5, 0.6) is 5.75 Å². The fourth-order valence-corrected chi connectivity index (χ4v) is 5.76. The predicted octanol–water partition coefficient (Wildman–Crippen LogP) is 6.69. The lowest BCUT2D eigenvalue weighted by molar-refractivity contribution is 0.603. The van der Waals surface area contributed by atoms with Gasteiger partial charge in [0.25, 0.3) is 0 Å². The standard InChI is InChI=1S/C30H19BN2O/c1-4-12-25-21(9-1)24-19-20(17-18-28(24)33-29-15-7-8-16-30(29)34-31(25)33)32-26-13-5-2-10-22(26)23-11-3-6-14-27(23)32/h1-19H. The number of rotatable bonds is 1. The topological polar surface area (TPSA) is 17.4 Å². The van der Waals surface area contributed by atoms with Crippen molar-refractivity contribution >= 4 is 45.7 Å². The van der Waals surface area contributed by atoms with E-state index in [9.17, 15) is 0 Å². The molecule has 0 unspecified atom stereocenters. The molecule has 0 radical (unpaired) electrons. The zero-order valence-electron chi connectivity index (χ0n) is 18.3. The molecule has 0 spiro atoms. The largest absolute Gasteiger partial charge is 0.536 e. The Hall–Kier alpha value is -4.44. The average Bonchev–Trinajstić information content (AvgIpc) is 3.45. The zero-order chi connectivity index (χ0) is 22.2. The highest BCUT2D eigenvalue weighted by Gasteiger charge is 2.44. The van der Waals surface area contributed by atoms with Gasteiger partial charge in [0.05, 0.1) is 16.7 Å². The van der Waals surface area contributed by atoms with Gasteiger partial charge in [-0.25, -0.2) is 0 Å². The Labute approximate surface area is 197 Å². The van der Waals surface area contributed by atoms with Gasteiger partial charge in [-0.05, 0) is 53.5 Å². The van der Waals surface area contributed by atoms with Crippen molar-refractivity contribution in [2.24, 2.45) is 0 Å². The van der Waals surface area contributed by atoms with E-state index in [4.69, 9.17) is 4.65 Å². The van der Waals surface area contributed by atoms with E-state index in [0.717, 1.165) is 17.1 Å². The summed E-state index contributed by atoms with van der Waals surface area (Å²) in [6.45, 7) is 0. The van der Waals surface area contributed by atoms with Gasteiger partial charge in [0.2, 0.25) is 0 Å². The molecule has 0 saturated heterocycles. The summed E-state index contributed by atoms with van der Waals surface area (Å²) in [4.78, 5) is 2.34. The van der Waals surface area contributed by atoms with Crippen LogP contribution in [0.4, 0.5) is 11.4 Å². The first-order chi connectivity index (χ1) is 16.9. The van der Waals surface area contributed by atoms with Crippen molar-refractivity contribution < 1.29 is 4.65 Å². The highest BCUT2D eigenvalue weighted by atomic mass is 16.5. The van der Waals surface area contributed by atoms with Crippen molar-refractivity contribution in [3.63, 3.8) is 0 Å². The summed E-state index contributed by atoms with van der Waals surface area (Å²) in [5.41, 5.74) is 9.57. The Morgan fingerprint density at radius 2 is 1.24 bits per heavy atom. The Morgan fingerprint density at radius 1 is 0.559 bits per heavy atom. The van der Waals surface area contributed by atoms with Gasteiger partial charge in [-0.15, -0.1) is 0 Å². The minimum atomic E-state index is -0.139. The fourth-order valence-electron chi connectivity index (χ4n) is 5.76. The summed E-state index contributed by atoms with van der Waals surface area (Å²) < 4.78 is 8.82. The second-order valence-corrected chi connectivity index (χ2v) is 8.97. The molecule has 3 heterocycles. The van der Waals surface area contributed by atoms with E-state index in [-0.39, 0.29) is 7.05 Å². The SMILES string of the molecule is c1ccc2c(c1)OB1c3ccccc3-c3cc(-n4c5ccccc5c5ccccc54)ccc3N12. The average molecular weight is 434 g/mol. The van der Waals surface area contributed by atoms with E-state index in [1.807, 2.05) is 6.07 Å². The zero-order valence-corrected chi connectivity index (χ0v) is 18.3. The normalized spacial score (nSPS) is 13.4. The molecular weight excluding hydrogens is 415 g/mol. The summed E-state index contributed by atoms with van der Waals surface area (Å²) in [6, 6.07) is 41.1. The van der Waals surface area contributed by atoms with Crippen LogP contribution in [0.25, 0.3) is 38.6 Å². The van der Waals surface area contributed by atoms with Crippen molar-refractivity contribution in [1.82, 2.24) is 4.57 Å². The van der Waals surface area contributed by atoms with Gasteiger partial charge in [-0.1, -0.05) is 72.8 Å². The molecule has 0 amide bonds. The van der Waals surface area contributed by atoms with Crippen molar-refractivity contribution in [2.75, 3.05) is 4.81 Å². The quantitative estimate of drug-likeness (QED) is 0.268. The lowest BCUT2D eigenvalue weighted by Gasteiger charge is -2.31. The molecule has 1 aromatic heterocycles. The first-order valence-corrected chi connectivity index (χ1v) is 11.7. The summed E-state index contributed by atoms with van der Waals surface area (Å²) in [5.74, 6) is 0.932. The highest BCUT2D eigenvalue weighted by molar-refractivity contribution is 6.77. The van der Waals surface area contributed by atoms with E-state index in [1.54, 1.807) is 0 Å². The van der Waals surface area contributed by atoms with Crippen LogP contribution >= 0.6 is 0 Å². The van der Waals surface area contributed by atoms with E-state index in [0.29, 0.717) is 0 Å². The first kappa shape index (κ1) is 18.0. The fraction of sp³-hybridized carbons (Fsp3) is 0. The van der Waals surface area contributed by atoms with Crippen LogP contribution in [0.1, 0.15) is 0 Å². The van der Waals surface area contributed by atoms with Crippen LogP contribution < -0.4 is 14.9 Å². The number of hydrogen-bond acceptors (Lipinski definition) is 2. The summed E-state index contributed by atoms with van der Waals surface area (Å²) in [5, 5.41) is 2.55. The van der Waals surface area contributed by atoms with Crippen molar-refractivity contribution in [1.29, 1.82) is 0 Å². The number of nitrogens with zero attached hydrogens (tertiary/aromatic N) is 2. The number of fused-ring (bicyclic) bond motifs is 11. The molecule has 0 saturated carbocycles. The van der Waals surface area contributed by atoms with Gasteiger partial charge < -0.3 is 14.0 Å². The third kappa shape index (κ3) is 2.27. The molecule has 3 nitrogen and oxygen atoms in total. The predicted molar refractivity (Wildman–Crippen MR) is 141 cm³/mol. The van der Waals surface area contributed by atoms with Gasteiger partial charge in [-0.2, -0.15) is 0 Å². The molecular formula is C30H19BN2O. The Bertz CT molecular complexity index is 1720. The third-order valence-electron chi connectivity index (χ3n) is 7.19. The molecule has 2 aliphatic rings. The molecule has 158 valence electrons. The van der Waals surface area contributed by atoms with Crippen LogP contribution in [0.2, 0.25) is 0 Å². The Kier molecular flexibility index (Phi) is 3.48. The van der Waals surface area contributed by atoms with Crippen LogP contribution in [-0.2, 0) is 0 Å². The maximum atomic E-state index is 6.43. The molecule has 0 N–H and O–H groups in total.